The Morgan fingerprint density at radius 3 is 2.75 bits per heavy atom. The van der Waals surface area contributed by atoms with E-state index in [-0.39, 0.29) is 0 Å². The SMILES string of the molecule is Nc1ccnc(-c2cc3ccccc3o2)c1. The molecule has 2 N–H and O–H groups in total. The number of para-hydroxylation sites is 1. The van der Waals surface area contributed by atoms with Gasteiger partial charge in [0.2, 0.25) is 0 Å². The van der Waals surface area contributed by atoms with Gasteiger partial charge in [0.15, 0.2) is 5.76 Å². The number of fused-ring (bicyclic) bond motifs is 1. The van der Waals surface area contributed by atoms with Crippen LogP contribution in [0.3, 0.4) is 0 Å². The maximum absolute atomic E-state index is 5.71. The van der Waals surface area contributed by atoms with E-state index in [1.807, 2.05) is 30.3 Å². The van der Waals surface area contributed by atoms with E-state index in [1.54, 1.807) is 18.3 Å². The zero-order chi connectivity index (χ0) is 11.0. The average Bonchev–Trinajstić information content (AvgIpc) is 2.72. The first-order chi connectivity index (χ1) is 7.83. The molecule has 0 saturated carbocycles. The van der Waals surface area contributed by atoms with Gasteiger partial charge >= 0.3 is 0 Å². The highest BCUT2D eigenvalue weighted by Crippen LogP contribution is 2.26. The van der Waals surface area contributed by atoms with Crippen molar-refractivity contribution in [1.82, 2.24) is 4.98 Å². The summed E-state index contributed by atoms with van der Waals surface area (Å²) < 4.78 is 5.69. The van der Waals surface area contributed by atoms with Crippen molar-refractivity contribution in [1.29, 1.82) is 0 Å². The van der Waals surface area contributed by atoms with Crippen molar-refractivity contribution in [3.8, 4) is 11.5 Å². The Morgan fingerprint density at radius 1 is 1.06 bits per heavy atom. The third kappa shape index (κ3) is 1.42. The quantitative estimate of drug-likeness (QED) is 0.671. The second-order valence-electron chi connectivity index (χ2n) is 3.62. The Balaban J connectivity index is 2.19. The van der Waals surface area contributed by atoms with Crippen LogP contribution in [0.2, 0.25) is 0 Å². The summed E-state index contributed by atoms with van der Waals surface area (Å²) in [5.41, 5.74) is 8.02. The minimum Gasteiger partial charge on any atom is -0.454 e. The Bertz CT molecular complexity index is 610. The highest BCUT2D eigenvalue weighted by Gasteiger charge is 2.06. The molecule has 3 rings (SSSR count). The van der Waals surface area contributed by atoms with E-state index in [9.17, 15) is 0 Å². The number of benzene rings is 1. The highest BCUT2D eigenvalue weighted by atomic mass is 16.3. The Morgan fingerprint density at radius 2 is 1.94 bits per heavy atom. The van der Waals surface area contributed by atoms with E-state index < -0.39 is 0 Å². The summed E-state index contributed by atoms with van der Waals surface area (Å²) in [5.74, 6) is 0.744. The van der Waals surface area contributed by atoms with Gasteiger partial charge in [0, 0.05) is 17.3 Å². The molecule has 78 valence electrons. The lowest BCUT2D eigenvalue weighted by atomic mass is 10.2. The predicted octanol–water partition coefficient (Wildman–Crippen LogP) is 3.08. The van der Waals surface area contributed by atoms with Gasteiger partial charge < -0.3 is 10.2 Å². The summed E-state index contributed by atoms with van der Waals surface area (Å²) in [7, 11) is 0. The lowest BCUT2D eigenvalue weighted by Crippen LogP contribution is -1.86. The van der Waals surface area contributed by atoms with Gasteiger partial charge in [0.05, 0.1) is 0 Å². The summed E-state index contributed by atoms with van der Waals surface area (Å²) in [6, 6.07) is 13.4. The number of pyridine rings is 1. The van der Waals surface area contributed by atoms with E-state index in [4.69, 9.17) is 10.2 Å². The largest absolute Gasteiger partial charge is 0.454 e. The maximum Gasteiger partial charge on any atom is 0.153 e. The molecule has 0 aliphatic heterocycles. The smallest absolute Gasteiger partial charge is 0.153 e. The molecule has 0 atom stereocenters. The standard InChI is InChI=1S/C13H10N2O/c14-10-5-6-15-11(8-10)13-7-9-3-1-2-4-12(9)16-13/h1-8H,(H2,14,15). The molecule has 0 radical (unpaired) electrons. The van der Waals surface area contributed by atoms with Gasteiger partial charge in [-0.2, -0.15) is 0 Å². The Kier molecular flexibility index (Phi) is 1.90. The van der Waals surface area contributed by atoms with Crippen LogP contribution in [0, 0.1) is 0 Å². The molecule has 1 aromatic carbocycles. The molecule has 0 unspecified atom stereocenters. The van der Waals surface area contributed by atoms with Crippen molar-refractivity contribution in [3.63, 3.8) is 0 Å². The monoisotopic (exact) mass is 210 g/mol. The molecule has 2 heterocycles. The number of anilines is 1. The molecule has 2 aromatic heterocycles. The lowest BCUT2D eigenvalue weighted by Gasteiger charge is -1.96. The highest BCUT2D eigenvalue weighted by molar-refractivity contribution is 5.82. The summed E-state index contributed by atoms with van der Waals surface area (Å²) in [6.07, 6.45) is 1.68. The predicted molar refractivity (Wildman–Crippen MR) is 63.9 cm³/mol. The molecule has 0 aliphatic rings. The molecule has 0 saturated heterocycles. The van der Waals surface area contributed by atoms with Crippen molar-refractivity contribution < 1.29 is 4.42 Å². The number of nitrogens with zero attached hydrogens (tertiary/aromatic N) is 1. The Hall–Kier alpha value is -2.29. The molecular weight excluding hydrogens is 200 g/mol. The van der Waals surface area contributed by atoms with Crippen molar-refractivity contribution in [3.05, 3.63) is 48.7 Å². The summed E-state index contributed by atoms with van der Waals surface area (Å²) >= 11 is 0. The van der Waals surface area contributed by atoms with Crippen LogP contribution in [0.4, 0.5) is 5.69 Å². The molecule has 3 nitrogen and oxygen atoms in total. The van der Waals surface area contributed by atoms with Gasteiger partial charge in [-0.05, 0) is 24.3 Å². The second kappa shape index (κ2) is 3.38. The number of furan rings is 1. The van der Waals surface area contributed by atoms with E-state index in [0.29, 0.717) is 5.69 Å². The first-order valence-electron chi connectivity index (χ1n) is 5.03. The molecule has 0 bridgehead atoms. The Labute approximate surface area is 92.5 Å². The third-order valence-electron chi connectivity index (χ3n) is 2.46. The lowest BCUT2D eigenvalue weighted by molar-refractivity contribution is 0.629. The fourth-order valence-electron chi connectivity index (χ4n) is 1.69. The van der Waals surface area contributed by atoms with Gasteiger partial charge in [0.25, 0.3) is 0 Å². The zero-order valence-corrected chi connectivity index (χ0v) is 8.55. The molecule has 0 aliphatic carbocycles. The van der Waals surface area contributed by atoms with Gasteiger partial charge in [-0.15, -0.1) is 0 Å². The van der Waals surface area contributed by atoms with Crippen molar-refractivity contribution in [2.75, 3.05) is 5.73 Å². The van der Waals surface area contributed by atoms with Crippen molar-refractivity contribution in [2.24, 2.45) is 0 Å². The average molecular weight is 210 g/mol. The van der Waals surface area contributed by atoms with E-state index in [2.05, 4.69) is 4.98 Å². The number of nitrogens with two attached hydrogens (primary N) is 1. The fourth-order valence-corrected chi connectivity index (χ4v) is 1.69. The van der Waals surface area contributed by atoms with E-state index in [1.165, 1.54) is 0 Å². The van der Waals surface area contributed by atoms with Crippen LogP contribution in [0.15, 0.2) is 53.1 Å². The normalized spacial score (nSPS) is 10.8. The van der Waals surface area contributed by atoms with E-state index in [0.717, 1.165) is 22.4 Å². The van der Waals surface area contributed by atoms with Gasteiger partial charge in [-0.25, -0.2) is 0 Å². The molecule has 0 fully saturated rings. The maximum atomic E-state index is 5.71. The van der Waals surface area contributed by atoms with Crippen LogP contribution in [0.5, 0.6) is 0 Å². The molecule has 3 heteroatoms. The summed E-state index contributed by atoms with van der Waals surface area (Å²) in [6.45, 7) is 0. The minimum atomic E-state index is 0.686. The van der Waals surface area contributed by atoms with Crippen LogP contribution in [-0.4, -0.2) is 4.98 Å². The first-order valence-corrected chi connectivity index (χ1v) is 5.03. The van der Waals surface area contributed by atoms with Gasteiger partial charge in [-0.3, -0.25) is 4.98 Å². The minimum absolute atomic E-state index is 0.686. The topological polar surface area (TPSA) is 52.0 Å². The fraction of sp³-hybridized carbons (Fsp3) is 0. The third-order valence-corrected chi connectivity index (χ3v) is 2.46. The van der Waals surface area contributed by atoms with Crippen LogP contribution in [-0.2, 0) is 0 Å². The molecule has 0 spiro atoms. The van der Waals surface area contributed by atoms with Crippen LogP contribution in [0.1, 0.15) is 0 Å². The molecule has 0 amide bonds. The summed E-state index contributed by atoms with van der Waals surface area (Å²) in [4.78, 5) is 4.23. The van der Waals surface area contributed by atoms with Crippen LogP contribution >= 0.6 is 0 Å². The molecule has 16 heavy (non-hydrogen) atoms. The van der Waals surface area contributed by atoms with Crippen molar-refractivity contribution in [2.45, 2.75) is 0 Å². The number of hydrogen-bond acceptors (Lipinski definition) is 3. The second-order valence-corrected chi connectivity index (χ2v) is 3.62. The molecular formula is C13H10N2O. The van der Waals surface area contributed by atoms with Crippen LogP contribution < -0.4 is 5.73 Å². The zero-order valence-electron chi connectivity index (χ0n) is 8.55. The van der Waals surface area contributed by atoms with Gasteiger partial charge in [-0.1, -0.05) is 18.2 Å². The number of rotatable bonds is 1. The first kappa shape index (κ1) is 8.97. The number of aromatic nitrogens is 1. The van der Waals surface area contributed by atoms with E-state index >= 15 is 0 Å². The molecule has 3 aromatic rings. The summed E-state index contributed by atoms with van der Waals surface area (Å²) in [5, 5.41) is 1.07. The van der Waals surface area contributed by atoms with Crippen molar-refractivity contribution >= 4 is 16.7 Å². The number of nitrogen functional groups attached to an aromatic ring is 1. The number of hydrogen-bond donors (Lipinski definition) is 1. The van der Waals surface area contributed by atoms with Gasteiger partial charge in [0.1, 0.15) is 11.3 Å². The van der Waals surface area contributed by atoms with Crippen LogP contribution in [0.25, 0.3) is 22.4 Å².